The van der Waals surface area contributed by atoms with Gasteiger partial charge in [0.15, 0.2) is 5.82 Å². The van der Waals surface area contributed by atoms with Gasteiger partial charge in [0.1, 0.15) is 34.4 Å². The number of pyridine rings is 1. The van der Waals surface area contributed by atoms with Gasteiger partial charge in [-0.3, -0.25) is 0 Å². The molecule has 0 radical (unpaired) electrons. The van der Waals surface area contributed by atoms with Crippen LogP contribution < -0.4 is 19.9 Å². The van der Waals surface area contributed by atoms with Crippen LogP contribution in [0.2, 0.25) is 0 Å². The Morgan fingerprint density at radius 2 is 1.88 bits per heavy atom. The van der Waals surface area contributed by atoms with E-state index in [9.17, 15) is 5.11 Å². The van der Waals surface area contributed by atoms with Crippen molar-refractivity contribution in [2.24, 2.45) is 17.3 Å². The number of nitrogens with zero attached hydrogens (tertiary/aromatic N) is 6. The molecule has 6 heterocycles. The van der Waals surface area contributed by atoms with E-state index < -0.39 is 11.6 Å². The number of aromatic hydroxyl groups is 1. The normalized spacial score (nSPS) is 27.9. The predicted molar refractivity (Wildman–Crippen MR) is 179 cm³/mol. The number of likely N-dealkylation sites (tertiary alicyclic amines) is 1. The van der Waals surface area contributed by atoms with Crippen molar-refractivity contribution in [1.29, 1.82) is 0 Å². The van der Waals surface area contributed by atoms with Gasteiger partial charge in [-0.05, 0) is 67.5 Å². The van der Waals surface area contributed by atoms with E-state index >= 15 is 8.78 Å². The third-order valence-corrected chi connectivity index (χ3v) is 11.9. The van der Waals surface area contributed by atoms with Crippen molar-refractivity contribution in [1.82, 2.24) is 25.2 Å². The van der Waals surface area contributed by atoms with E-state index in [2.05, 4.69) is 21.0 Å². The fourth-order valence-corrected chi connectivity index (χ4v) is 9.16. The molecule has 2 aromatic carbocycles. The van der Waals surface area contributed by atoms with Gasteiger partial charge in [0.25, 0.3) is 0 Å². The first-order valence-corrected chi connectivity index (χ1v) is 17.2. The molecule has 4 unspecified atom stereocenters. The molecule has 9 nitrogen and oxygen atoms in total. The Morgan fingerprint density at radius 1 is 1.04 bits per heavy atom. The lowest BCUT2D eigenvalue weighted by Gasteiger charge is -2.41. The molecule has 4 aliphatic heterocycles. The third kappa shape index (κ3) is 4.38. The minimum atomic E-state index is -0.691. The second-order valence-electron chi connectivity index (χ2n) is 15.2. The SMILES string of the molecule is C#Cc1c(F)ccc2cc(O)cc(-c3nc4c5c(nc(OCC6(CN7CC8CC8C7)CC6)nc5c3F)N3CC5CCC(N5)[C@@H]3CN4C)c12. The number of terminal acetylenes is 1. The Morgan fingerprint density at radius 3 is 2.67 bits per heavy atom. The third-order valence-electron chi connectivity index (χ3n) is 11.9. The minimum Gasteiger partial charge on any atom is -0.508 e. The summed E-state index contributed by atoms with van der Waals surface area (Å²) in [6.07, 6.45) is 11.5. The molecule has 2 bridgehead atoms. The number of anilines is 2. The number of aromatic nitrogens is 3. The van der Waals surface area contributed by atoms with Gasteiger partial charge in [-0.15, -0.1) is 6.42 Å². The van der Waals surface area contributed by atoms with Crippen LogP contribution in [-0.2, 0) is 0 Å². The molecule has 2 aromatic heterocycles. The molecule has 0 amide bonds. The number of fused-ring (bicyclic) bond motifs is 7. The summed E-state index contributed by atoms with van der Waals surface area (Å²) in [6, 6.07) is 6.49. The molecular weight excluding hydrogens is 612 g/mol. The van der Waals surface area contributed by atoms with Gasteiger partial charge < -0.3 is 29.9 Å². The molecule has 5 atom stereocenters. The predicted octanol–water partition coefficient (Wildman–Crippen LogP) is 4.68. The Kier molecular flexibility index (Phi) is 6.06. The fraction of sp³-hybridized carbons (Fsp3) is 0.486. The largest absolute Gasteiger partial charge is 0.508 e. The van der Waals surface area contributed by atoms with Gasteiger partial charge in [0.2, 0.25) is 0 Å². The zero-order valence-corrected chi connectivity index (χ0v) is 26.8. The first-order valence-electron chi connectivity index (χ1n) is 17.2. The Balaban J connectivity index is 1.14. The molecule has 11 heteroatoms. The number of rotatable bonds is 6. The van der Waals surface area contributed by atoms with E-state index in [0.717, 1.165) is 50.6 Å². The van der Waals surface area contributed by atoms with Gasteiger partial charge in [0, 0.05) is 68.2 Å². The molecule has 5 fully saturated rings. The van der Waals surface area contributed by atoms with Crippen LogP contribution in [0.15, 0.2) is 24.3 Å². The van der Waals surface area contributed by atoms with Gasteiger partial charge in [-0.1, -0.05) is 12.0 Å². The second kappa shape index (κ2) is 10.1. The van der Waals surface area contributed by atoms with Crippen LogP contribution in [0.4, 0.5) is 20.4 Å². The molecule has 10 rings (SSSR count). The van der Waals surface area contributed by atoms with Crippen LogP contribution in [0.25, 0.3) is 32.9 Å². The molecule has 2 N–H and O–H groups in total. The van der Waals surface area contributed by atoms with Crippen LogP contribution in [0, 0.1) is 41.2 Å². The van der Waals surface area contributed by atoms with Crippen LogP contribution >= 0.6 is 0 Å². The Hall–Kier alpha value is -4.27. The van der Waals surface area contributed by atoms with E-state index in [4.69, 9.17) is 26.1 Å². The molecule has 0 spiro atoms. The lowest BCUT2D eigenvalue weighted by molar-refractivity contribution is 0.163. The number of hydrogen-bond donors (Lipinski definition) is 2. The van der Waals surface area contributed by atoms with Crippen molar-refractivity contribution in [2.75, 3.05) is 56.2 Å². The summed E-state index contributed by atoms with van der Waals surface area (Å²) in [6.45, 7) is 5.24. The number of benzene rings is 2. The highest BCUT2D eigenvalue weighted by molar-refractivity contribution is 6.06. The van der Waals surface area contributed by atoms with E-state index in [0.29, 0.717) is 47.0 Å². The number of halogens is 2. The molecule has 6 aliphatic rings. The van der Waals surface area contributed by atoms with Gasteiger partial charge in [-0.2, -0.15) is 9.97 Å². The number of piperidine rings is 1. The first-order chi connectivity index (χ1) is 23.3. The summed E-state index contributed by atoms with van der Waals surface area (Å²) in [5.74, 6) is 3.94. The average Bonchev–Trinajstić information content (AvgIpc) is 3.94. The number of nitrogens with one attached hydrogen (secondary N) is 1. The molecular formula is C37H37F2N7O2. The monoisotopic (exact) mass is 649 g/mol. The molecule has 48 heavy (non-hydrogen) atoms. The van der Waals surface area contributed by atoms with Gasteiger partial charge in [0.05, 0.1) is 23.6 Å². The summed E-state index contributed by atoms with van der Waals surface area (Å²) >= 11 is 0. The minimum absolute atomic E-state index is 0.0142. The lowest BCUT2D eigenvalue weighted by Crippen LogP contribution is -2.61. The smallest absolute Gasteiger partial charge is 0.319 e. The number of hydrogen-bond acceptors (Lipinski definition) is 9. The number of ether oxygens (including phenoxy) is 1. The van der Waals surface area contributed by atoms with Crippen molar-refractivity contribution in [3.8, 4) is 35.4 Å². The topological polar surface area (TPSA) is 89.9 Å². The standard InChI is InChI=1S/C37H37F2N7O2/c1-3-24-26(38)6-4-19-11-23(47)12-25(29(19)24)32-31(39)33-30-34(41-32)44(2)16-28-27-7-5-22(40-27)15-46(28)35(30)43-36(42-33)48-18-37(8-9-37)17-45-13-20-10-21(20)14-45/h1,4,6,11-12,20-22,27-28,40,47H,5,7-10,13-18H2,2H3/t20?,21?,22?,27?,28-/m0/s1. The van der Waals surface area contributed by atoms with Crippen molar-refractivity contribution >= 4 is 33.3 Å². The summed E-state index contributed by atoms with van der Waals surface area (Å²) < 4.78 is 38.7. The van der Waals surface area contributed by atoms with Crippen molar-refractivity contribution in [2.45, 2.75) is 50.2 Å². The maximum Gasteiger partial charge on any atom is 0.319 e. The Labute approximate surface area is 277 Å². The summed E-state index contributed by atoms with van der Waals surface area (Å²) in [5.41, 5.74) is 0.289. The first kappa shape index (κ1) is 28.7. The fourth-order valence-electron chi connectivity index (χ4n) is 9.16. The van der Waals surface area contributed by atoms with E-state index in [1.54, 1.807) is 0 Å². The number of phenolic OH excluding ortho intramolecular Hbond substituents is 1. The van der Waals surface area contributed by atoms with Gasteiger partial charge in [-0.25, -0.2) is 13.8 Å². The number of likely N-dealkylation sites (N-methyl/N-ethyl adjacent to an activating group) is 1. The van der Waals surface area contributed by atoms with Crippen LogP contribution in [-0.4, -0.2) is 89.5 Å². The zero-order valence-electron chi connectivity index (χ0n) is 26.8. The summed E-state index contributed by atoms with van der Waals surface area (Å²) in [7, 11) is 1.95. The molecule has 2 aliphatic carbocycles. The van der Waals surface area contributed by atoms with Crippen LogP contribution in [0.5, 0.6) is 11.8 Å². The Bertz CT molecular complexity index is 2070. The molecule has 3 saturated heterocycles. The van der Waals surface area contributed by atoms with Crippen LogP contribution in [0.3, 0.4) is 0 Å². The van der Waals surface area contributed by atoms with E-state index in [1.807, 2.05) is 11.9 Å². The number of piperazine rings is 1. The zero-order chi connectivity index (χ0) is 32.5. The molecule has 2 saturated carbocycles. The van der Waals surface area contributed by atoms with Crippen molar-refractivity contribution in [3.63, 3.8) is 0 Å². The van der Waals surface area contributed by atoms with Gasteiger partial charge >= 0.3 is 6.01 Å². The van der Waals surface area contributed by atoms with E-state index in [-0.39, 0.29) is 51.6 Å². The maximum atomic E-state index is 17.2. The van der Waals surface area contributed by atoms with Crippen molar-refractivity contribution in [3.05, 3.63) is 41.5 Å². The molecule has 4 aromatic rings. The van der Waals surface area contributed by atoms with E-state index in [1.165, 1.54) is 43.8 Å². The summed E-state index contributed by atoms with van der Waals surface area (Å²) in [5, 5.41) is 15.8. The summed E-state index contributed by atoms with van der Waals surface area (Å²) in [4.78, 5) is 21.7. The highest BCUT2D eigenvalue weighted by atomic mass is 19.1. The molecule has 246 valence electrons. The van der Waals surface area contributed by atoms with Crippen molar-refractivity contribution < 1.29 is 18.6 Å². The average molecular weight is 650 g/mol. The quantitative estimate of drug-likeness (QED) is 0.289. The highest BCUT2D eigenvalue weighted by Crippen LogP contribution is 2.51. The van der Waals surface area contributed by atoms with Crippen LogP contribution in [0.1, 0.15) is 37.7 Å². The lowest BCUT2D eigenvalue weighted by atomic mass is 9.95. The maximum absolute atomic E-state index is 17.2. The second-order valence-corrected chi connectivity index (χ2v) is 15.2. The highest BCUT2D eigenvalue weighted by Gasteiger charge is 2.51. The number of phenols is 1.